The number of aliphatic hydroxyl groups excluding tert-OH is 1. The molecule has 0 radical (unpaired) electrons. The lowest BCUT2D eigenvalue weighted by Crippen LogP contribution is -2.15. The molecule has 12 heavy (non-hydrogen) atoms. The van der Waals surface area contributed by atoms with Gasteiger partial charge in [-0.05, 0) is 28.9 Å². The van der Waals surface area contributed by atoms with Gasteiger partial charge in [0.15, 0.2) is 0 Å². The van der Waals surface area contributed by atoms with E-state index < -0.39 is 0 Å². The van der Waals surface area contributed by atoms with Crippen LogP contribution in [0.15, 0.2) is 22.9 Å². The predicted octanol–water partition coefficient (Wildman–Crippen LogP) is 1.64. The molecule has 0 fully saturated rings. The van der Waals surface area contributed by atoms with Crippen LogP contribution in [0, 0.1) is 0 Å². The highest BCUT2D eigenvalue weighted by Gasteiger charge is 1.99. The Hall–Kier alpha value is -0.610. The van der Waals surface area contributed by atoms with Crippen molar-refractivity contribution in [2.75, 3.05) is 11.9 Å². The standard InChI is InChI=1S/C8H11BrN2O/c1-6(12)4-11-8-2-3-10-5-7(8)9/h2-3,5-6,12H,4H2,1H3,(H,10,11). The molecule has 0 aliphatic carbocycles. The van der Waals surface area contributed by atoms with E-state index >= 15 is 0 Å². The molecule has 1 aromatic heterocycles. The number of nitrogens with zero attached hydrogens (tertiary/aromatic N) is 1. The second-order valence-corrected chi connectivity index (χ2v) is 3.44. The zero-order valence-electron chi connectivity index (χ0n) is 6.79. The summed E-state index contributed by atoms with van der Waals surface area (Å²) in [5.41, 5.74) is 0.950. The first-order chi connectivity index (χ1) is 5.70. The van der Waals surface area contributed by atoms with Crippen LogP contribution >= 0.6 is 15.9 Å². The molecule has 2 N–H and O–H groups in total. The molecule has 0 aliphatic heterocycles. The molecule has 0 saturated carbocycles. The van der Waals surface area contributed by atoms with Gasteiger partial charge in [-0.15, -0.1) is 0 Å². The van der Waals surface area contributed by atoms with Gasteiger partial charge in [0.25, 0.3) is 0 Å². The van der Waals surface area contributed by atoms with Crippen LogP contribution in [0.2, 0.25) is 0 Å². The summed E-state index contributed by atoms with van der Waals surface area (Å²) in [6, 6.07) is 1.85. The molecule has 0 aromatic carbocycles. The average Bonchev–Trinajstić information content (AvgIpc) is 2.03. The van der Waals surface area contributed by atoms with Gasteiger partial charge in [0.05, 0.1) is 16.3 Å². The Labute approximate surface area is 80.0 Å². The molecule has 1 unspecified atom stereocenters. The number of aromatic nitrogens is 1. The minimum atomic E-state index is -0.343. The molecule has 0 spiro atoms. The van der Waals surface area contributed by atoms with Crippen molar-refractivity contribution in [3.63, 3.8) is 0 Å². The summed E-state index contributed by atoms with van der Waals surface area (Å²) in [7, 11) is 0. The Bertz CT molecular complexity index is 253. The summed E-state index contributed by atoms with van der Waals surface area (Å²) in [6.07, 6.45) is 3.07. The molecule has 0 amide bonds. The number of hydrogen-bond donors (Lipinski definition) is 2. The maximum Gasteiger partial charge on any atom is 0.0684 e. The summed E-state index contributed by atoms with van der Waals surface area (Å²) in [5.74, 6) is 0. The van der Waals surface area contributed by atoms with E-state index in [1.165, 1.54) is 0 Å². The van der Waals surface area contributed by atoms with Crippen molar-refractivity contribution in [1.82, 2.24) is 4.98 Å². The van der Waals surface area contributed by atoms with Crippen molar-refractivity contribution in [3.8, 4) is 0 Å². The van der Waals surface area contributed by atoms with Gasteiger partial charge in [-0.3, -0.25) is 4.98 Å². The molecule has 0 aliphatic rings. The van der Waals surface area contributed by atoms with Crippen molar-refractivity contribution < 1.29 is 5.11 Å². The highest BCUT2D eigenvalue weighted by Crippen LogP contribution is 2.19. The second kappa shape index (κ2) is 4.42. The van der Waals surface area contributed by atoms with E-state index in [4.69, 9.17) is 5.11 Å². The Morgan fingerprint density at radius 2 is 2.50 bits per heavy atom. The van der Waals surface area contributed by atoms with Crippen LogP contribution in [0.25, 0.3) is 0 Å². The first-order valence-electron chi connectivity index (χ1n) is 3.71. The van der Waals surface area contributed by atoms with Gasteiger partial charge < -0.3 is 10.4 Å². The summed E-state index contributed by atoms with van der Waals surface area (Å²) in [5, 5.41) is 12.1. The van der Waals surface area contributed by atoms with Crippen LogP contribution in [0.3, 0.4) is 0 Å². The van der Waals surface area contributed by atoms with Gasteiger partial charge in [-0.2, -0.15) is 0 Å². The van der Waals surface area contributed by atoms with Crippen molar-refractivity contribution in [2.45, 2.75) is 13.0 Å². The van der Waals surface area contributed by atoms with E-state index in [2.05, 4.69) is 26.2 Å². The Morgan fingerprint density at radius 3 is 3.08 bits per heavy atom. The fourth-order valence-corrected chi connectivity index (χ4v) is 1.17. The zero-order chi connectivity index (χ0) is 8.97. The summed E-state index contributed by atoms with van der Waals surface area (Å²) in [4.78, 5) is 3.92. The van der Waals surface area contributed by atoms with Crippen LogP contribution < -0.4 is 5.32 Å². The molecule has 0 bridgehead atoms. The monoisotopic (exact) mass is 230 g/mol. The molecule has 1 rings (SSSR count). The van der Waals surface area contributed by atoms with Gasteiger partial charge in [-0.25, -0.2) is 0 Å². The largest absolute Gasteiger partial charge is 0.392 e. The lowest BCUT2D eigenvalue weighted by Gasteiger charge is -2.08. The number of rotatable bonds is 3. The van der Waals surface area contributed by atoms with E-state index in [-0.39, 0.29) is 6.10 Å². The number of halogens is 1. The molecular formula is C8H11BrN2O. The van der Waals surface area contributed by atoms with E-state index in [9.17, 15) is 0 Å². The third-order valence-electron chi connectivity index (χ3n) is 1.36. The van der Waals surface area contributed by atoms with Gasteiger partial charge in [0.2, 0.25) is 0 Å². The fraction of sp³-hybridized carbons (Fsp3) is 0.375. The van der Waals surface area contributed by atoms with Crippen LogP contribution in [-0.2, 0) is 0 Å². The Kier molecular flexibility index (Phi) is 3.49. The highest BCUT2D eigenvalue weighted by molar-refractivity contribution is 9.10. The van der Waals surface area contributed by atoms with Crippen molar-refractivity contribution in [3.05, 3.63) is 22.9 Å². The zero-order valence-corrected chi connectivity index (χ0v) is 8.37. The number of nitrogens with one attached hydrogen (secondary N) is 1. The van der Waals surface area contributed by atoms with Crippen LogP contribution in [0.5, 0.6) is 0 Å². The van der Waals surface area contributed by atoms with Crippen LogP contribution in [-0.4, -0.2) is 22.7 Å². The smallest absolute Gasteiger partial charge is 0.0684 e. The topological polar surface area (TPSA) is 45.1 Å². The summed E-state index contributed by atoms with van der Waals surface area (Å²) in [6.45, 7) is 2.28. The molecule has 1 heterocycles. The van der Waals surface area contributed by atoms with E-state index in [0.717, 1.165) is 10.2 Å². The first-order valence-corrected chi connectivity index (χ1v) is 4.51. The number of anilines is 1. The average molecular weight is 231 g/mol. The van der Waals surface area contributed by atoms with Gasteiger partial charge in [0, 0.05) is 18.9 Å². The second-order valence-electron chi connectivity index (χ2n) is 2.59. The maximum absolute atomic E-state index is 9.01. The fourth-order valence-electron chi connectivity index (χ4n) is 0.776. The third-order valence-corrected chi connectivity index (χ3v) is 1.99. The number of hydrogen-bond acceptors (Lipinski definition) is 3. The van der Waals surface area contributed by atoms with Crippen LogP contribution in [0.1, 0.15) is 6.92 Å². The first kappa shape index (κ1) is 9.48. The van der Waals surface area contributed by atoms with E-state index in [0.29, 0.717) is 6.54 Å². The normalized spacial score (nSPS) is 12.6. The minimum Gasteiger partial charge on any atom is -0.392 e. The minimum absolute atomic E-state index is 0.343. The van der Waals surface area contributed by atoms with Gasteiger partial charge in [0.1, 0.15) is 0 Å². The predicted molar refractivity (Wildman–Crippen MR) is 52.1 cm³/mol. The summed E-state index contributed by atoms with van der Waals surface area (Å²) < 4.78 is 0.908. The maximum atomic E-state index is 9.01. The van der Waals surface area contributed by atoms with Crippen molar-refractivity contribution in [1.29, 1.82) is 0 Å². The SMILES string of the molecule is CC(O)CNc1ccncc1Br. The number of pyridine rings is 1. The quantitative estimate of drug-likeness (QED) is 0.831. The van der Waals surface area contributed by atoms with Crippen LogP contribution in [0.4, 0.5) is 5.69 Å². The molecule has 3 nitrogen and oxygen atoms in total. The van der Waals surface area contributed by atoms with Crippen molar-refractivity contribution in [2.24, 2.45) is 0 Å². The van der Waals surface area contributed by atoms with Gasteiger partial charge in [-0.1, -0.05) is 0 Å². The molecule has 0 saturated heterocycles. The molecule has 1 atom stereocenters. The highest BCUT2D eigenvalue weighted by atomic mass is 79.9. The lowest BCUT2D eigenvalue weighted by molar-refractivity contribution is 0.208. The van der Waals surface area contributed by atoms with E-state index in [1.807, 2.05) is 6.07 Å². The van der Waals surface area contributed by atoms with E-state index in [1.54, 1.807) is 19.3 Å². The Morgan fingerprint density at radius 1 is 1.75 bits per heavy atom. The molecular weight excluding hydrogens is 220 g/mol. The summed E-state index contributed by atoms with van der Waals surface area (Å²) >= 11 is 3.34. The Balaban J connectivity index is 2.57. The molecule has 66 valence electrons. The molecule has 4 heteroatoms. The van der Waals surface area contributed by atoms with Gasteiger partial charge >= 0.3 is 0 Å². The number of aliphatic hydroxyl groups is 1. The molecule has 1 aromatic rings. The van der Waals surface area contributed by atoms with Crippen molar-refractivity contribution >= 4 is 21.6 Å². The third kappa shape index (κ3) is 2.79. The lowest BCUT2D eigenvalue weighted by atomic mass is 10.3.